The van der Waals surface area contributed by atoms with Crippen LogP contribution in [-0.4, -0.2) is 20.2 Å². The maximum atomic E-state index is 13.0. The van der Waals surface area contributed by atoms with Gasteiger partial charge in [-0.15, -0.1) is 5.10 Å². The van der Waals surface area contributed by atoms with Gasteiger partial charge in [-0.1, -0.05) is 29.4 Å². The number of rotatable bonds is 3. The minimum Gasteiger partial charge on any atom is -0.224 e. The molecule has 4 nitrogen and oxygen atoms in total. The van der Waals surface area contributed by atoms with Crippen molar-refractivity contribution in [3.8, 4) is 0 Å². The molecule has 0 saturated carbocycles. The number of aromatic nitrogens is 4. The number of benzene rings is 1. The summed E-state index contributed by atoms with van der Waals surface area (Å²) in [6.07, 6.45) is 0. The molecule has 0 amide bonds. The highest BCUT2D eigenvalue weighted by molar-refractivity contribution is 7.99. The Labute approximate surface area is 107 Å². The lowest BCUT2D eigenvalue weighted by Crippen LogP contribution is -1.96. The van der Waals surface area contributed by atoms with Crippen molar-refractivity contribution in [1.82, 2.24) is 20.2 Å². The maximum absolute atomic E-state index is 13.0. The van der Waals surface area contributed by atoms with Crippen LogP contribution in [-0.2, 0) is 7.05 Å². The van der Waals surface area contributed by atoms with Crippen LogP contribution in [0.5, 0.6) is 0 Å². The molecule has 7 heteroatoms. The third-order valence-corrected chi connectivity index (χ3v) is 3.75. The summed E-state index contributed by atoms with van der Waals surface area (Å²) < 4.78 is 14.6. The van der Waals surface area contributed by atoms with E-state index in [9.17, 15) is 4.39 Å². The summed E-state index contributed by atoms with van der Waals surface area (Å²) in [6.45, 7) is 1.99. The highest BCUT2D eigenvalue weighted by atomic mass is 35.5. The number of tetrazole rings is 1. The van der Waals surface area contributed by atoms with Crippen LogP contribution in [0.2, 0.25) is 5.02 Å². The molecule has 1 aromatic carbocycles. The van der Waals surface area contributed by atoms with Gasteiger partial charge in [-0.2, -0.15) is 0 Å². The Balaban J connectivity index is 2.17. The second-order valence-corrected chi connectivity index (χ2v) is 5.23. The number of thioether (sulfide) groups is 1. The van der Waals surface area contributed by atoms with Gasteiger partial charge in [0, 0.05) is 12.3 Å². The second kappa shape index (κ2) is 5.01. The third-order valence-electron chi connectivity index (χ3n) is 2.28. The minimum absolute atomic E-state index is 0.0952. The summed E-state index contributed by atoms with van der Waals surface area (Å²) in [5, 5.41) is 12.1. The quantitative estimate of drug-likeness (QED) is 0.806. The molecule has 0 spiro atoms. The van der Waals surface area contributed by atoms with Crippen molar-refractivity contribution in [2.45, 2.75) is 17.3 Å². The van der Waals surface area contributed by atoms with Gasteiger partial charge in [0.05, 0.1) is 5.02 Å². The first kappa shape index (κ1) is 12.3. The van der Waals surface area contributed by atoms with Crippen LogP contribution in [0.3, 0.4) is 0 Å². The van der Waals surface area contributed by atoms with Gasteiger partial charge >= 0.3 is 0 Å². The molecule has 1 aromatic heterocycles. The van der Waals surface area contributed by atoms with Crippen LogP contribution >= 0.6 is 23.4 Å². The van der Waals surface area contributed by atoms with Crippen molar-refractivity contribution in [3.05, 3.63) is 34.6 Å². The molecule has 1 atom stereocenters. The summed E-state index contributed by atoms with van der Waals surface area (Å²) in [5.41, 5.74) is 0.935. The number of halogens is 2. The van der Waals surface area contributed by atoms with E-state index in [-0.39, 0.29) is 10.3 Å². The zero-order valence-corrected chi connectivity index (χ0v) is 10.8. The Bertz CT molecular complexity index is 531. The van der Waals surface area contributed by atoms with Crippen LogP contribution in [0.1, 0.15) is 17.7 Å². The lowest BCUT2D eigenvalue weighted by atomic mass is 10.2. The van der Waals surface area contributed by atoms with E-state index in [1.54, 1.807) is 23.9 Å². The van der Waals surface area contributed by atoms with Crippen LogP contribution < -0.4 is 0 Å². The largest absolute Gasteiger partial charge is 0.224 e. The van der Waals surface area contributed by atoms with Gasteiger partial charge in [-0.25, -0.2) is 9.07 Å². The molecule has 0 aliphatic rings. The fraction of sp³-hybridized carbons (Fsp3) is 0.300. The smallest absolute Gasteiger partial charge is 0.209 e. The fourth-order valence-corrected chi connectivity index (χ4v) is 2.37. The van der Waals surface area contributed by atoms with Crippen LogP contribution in [0.4, 0.5) is 4.39 Å². The normalized spacial score (nSPS) is 12.7. The van der Waals surface area contributed by atoms with Gasteiger partial charge < -0.3 is 0 Å². The molecular formula is C10H10ClFN4S. The van der Waals surface area contributed by atoms with Gasteiger partial charge in [0.1, 0.15) is 5.82 Å². The Morgan fingerprint density at radius 2 is 2.24 bits per heavy atom. The third kappa shape index (κ3) is 2.76. The van der Waals surface area contributed by atoms with Crippen molar-refractivity contribution >= 4 is 23.4 Å². The Morgan fingerprint density at radius 3 is 2.82 bits per heavy atom. The molecule has 0 fully saturated rings. The van der Waals surface area contributed by atoms with E-state index in [0.717, 1.165) is 5.56 Å². The number of aryl methyl sites for hydroxylation is 1. The van der Waals surface area contributed by atoms with Crippen LogP contribution in [0.25, 0.3) is 0 Å². The Kier molecular flexibility index (Phi) is 3.63. The molecule has 1 heterocycles. The molecule has 90 valence electrons. The van der Waals surface area contributed by atoms with E-state index < -0.39 is 5.82 Å². The van der Waals surface area contributed by atoms with E-state index in [4.69, 9.17) is 11.6 Å². The molecule has 0 bridgehead atoms. The number of hydrogen-bond acceptors (Lipinski definition) is 4. The molecule has 0 radical (unpaired) electrons. The molecule has 0 saturated heterocycles. The fourth-order valence-electron chi connectivity index (χ4n) is 1.31. The number of hydrogen-bond donors (Lipinski definition) is 0. The summed E-state index contributed by atoms with van der Waals surface area (Å²) in [5.74, 6) is -0.409. The minimum atomic E-state index is -0.409. The summed E-state index contributed by atoms with van der Waals surface area (Å²) in [7, 11) is 1.77. The van der Waals surface area contributed by atoms with Gasteiger partial charge in [0.2, 0.25) is 5.16 Å². The average Bonchev–Trinajstić information content (AvgIpc) is 2.68. The van der Waals surface area contributed by atoms with Crippen molar-refractivity contribution < 1.29 is 4.39 Å². The monoisotopic (exact) mass is 272 g/mol. The standard InChI is InChI=1S/C10H10ClFN4S/c1-6(17-10-13-14-15-16(10)2)7-3-4-9(12)8(11)5-7/h3-6H,1-2H3. The summed E-state index contributed by atoms with van der Waals surface area (Å²) in [6, 6.07) is 4.70. The first-order valence-corrected chi connectivity index (χ1v) is 6.17. The molecule has 2 rings (SSSR count). The van der Waals surface area contributed by atoms with E-state index in [1.807, 2.05) is 6.92 Å². The Hall–Kier alpha value is -1.14. The maximum Gasteiger partial charge on any atom is 0.209 e. The van der Waals surface area contributed by atoms with Crippen LogP contribution in [0.15, 0.2) is 23.4 Å². The Morgan fingerprint density at radius 1 is 1.47 bits per heavy atom. The topological polar surface area (TPSA) is 43.6 Å². The van der Waals surface area contributed by atoms with Crippen molar-refractivity contribution in [2.24, 2.45) is 7.05 Å². The van der Waals surface area contributed by atoms with Crippen molar-refractivity contribution in [1.29, 1.82) is 0 Å². The van der Waals surface area contributed by atoms with Crippen molar-refractivity contribution in [2.75, 3.05) is 0 Å². The molecular weight excluding hydrogens is 263 g/mol. The highest BCUT2D eigenvalue weighted by Gasteiger charge is 2.13. The zero-order chi connectivity index (χ0) is 12.4. The van der Waals surface area contributed by atoms with Crippen molar-refractivity contribution in [3.63, 3.8) is 0 Å². The van der Waals surface area contributed by atoms with Gasteiger partial charge in [0.25, 0.3) is 0 Å². The molecule has 0 aliphatic carbocycles. The first-order chi connectivity index (χ1) is 8.08. The predicted octanol–water partition coefficient (Wildman–Crippen LogP) is 2.86. The summed E-state index contributed by atoms with van der Waals surface area (Å²) in [4.78, 5) is 0. The average molecular weight is 273 g/mol. The second-order valence-electron chi connectivity index (χ2n) is 3.52. The molecule has 0 aliphatic heterocycles. The van der Waals surface area contributed by atoms with E-state index >= 15 is 0 Å². The van der Waals surface area contributed by atoms with Gasteiger partial charge in [-0.3, -0.25) is 0 Å². The molecule has 2 aromatic rings. The van der Waals surface area contributed by atoms with E-state index in [2.05, 4.69) is 15.5 Å². The van der Waals surface area contributed by atoms with E-state index in [1.165, 1.54) is 17.8 Å². The van der Waals surface area contributed by atoms with Crippen LogP contribution in [0, 0.1) is 5.82 Å². The summed E-state index contributed by atoms with van der Waals surface area (Å²) >= 11 is 7.23. The molecule has 0 N–H and O–H groups in total. The predicted molar refractivity (Wildman–Crippen MR) is 64.5 cm³/mol. The lowest BCUT2D eigenvalue weighted by molar-refractivity contribution is 0.627. The van der Waals surface area contributed by atoms with E-state index in [0.29, 0.717) is 5.16 Å². The van der Waals surface area contributed by atoms with Gasteiger partial charge in [-0.05, 0) is 35.0 Å². The lowest BCUT2D eigenvalue weighted by Gasteiger charge is -2.10. The number of nitrogens with zero attached hydrogens (tertiary/aromatic N) is 4. The first-order valence-electron chi connectivity index (χ1n) is 4.92. The zero-order valence-electron chi connectivity index (χ0n) is 9.26. The molecule has 1 unspecified atom stereocenters. The highest BCUT2D eigenvalue weighted by Crippen LogP contribution is 2.34. The molecule has 17 heavy (non-hydrogen) atoms. The van der Waals surface area contributed by atoms with Gasteiger partial charge in [0.15, 0.2) is 0 Å². The SMILES string of the molecule is CC(Sc1nnnn1C)c1ccc(F)c(Cl)c1.